The quantitative estimate of drug-likeness (QED) is 0.0138. The van der Waals surface area contributed by atoms with E-state index in [0.717, 1.165) is 47.5 Å². The minimum Gasteiger partial charge on any atom is -0.480 e. The zero-order chi connectivity index (χ0) is 83.2. The standard InChI is InChI=1S/C37H41F8N3O4.C20H20F5NO2.C17H23F3N2O3.C2H6IN.FH.2H2S/c1-6-52-30(50)18-27(32-33(38)24(16-26(34(32)39)37(43,44)45)31-21(4)9-7-10-22(31)5)46-35(51)28(15-20(2)3)48-19-23(11-14-47-12-8-13-47)25(17-29(48)49)36(40,41)42;1-4-28-15(27)9-14(26)17-18(21)12(8-13(19(17)22)20(23,24)25)16-10(2)6-5-7-11(16)3;1-11(2)8-14(16(24)25)22-10-12(4-7-21-5-3-6-21)13(9-15(22)23)17(18,19)20;1-2(3)4;;;/h7,9-10,16-17,19-20,27-28H,6,8,11-15,18H2,1-5H3,(H,46,51);5-8,14H,4,9,26H2,1-3H3;9-11,14H,3-8H2,1-2H3,(H,24,25);2H,4H2,1H3;1H;2*1H2/t27-,28?;14-;;;;;/m00...../s1/i;;;2T;;;. The van der Waals surface area contributed by atoms with Crippen molar-refractivity contribution in [3.8, 4) is 22.3 Å². The van der Waals surface area contributed by atoms with Crippen molar-refractivity contribution in [2.75, 3.05) is 52.5 Å². The highest BCUT2D eigenvalue weighted by Gasteiger charge is 2.43. The number of carboxylic acids is 1. The van der Waals surface area contributed by atoms with Crippen LogP contribution >= 0.6 is 49.6 Å². The molecule has 3 unspecified atom stereocenters. The predicted molar refractivity (Wildman–Crippen MR) is 409 cm³/mol. The first-order valence-corrected chi connectivity index (χ1v) is 35.9. The van der Waals surface area contributed by atoms with Crippen LogP contribution in [0.4, 0.5) is 75.0 Å². The number of ether oxygens (including phenoxy) is 2. The molecule has 0 spiro atoms. The highest BCUT2D eigenvalue weighted by molar-refractivity contribution is 14.1. The van der Waals surface area contributed by atoms with Gasteiger partial charge in [0.05, 0.1) is 59.7 Å². The van der Waals surface area contributed by atoms with Crippen LogP contribution < -0.4 is 27.9 Å². The van der Waals surface area contributed by atoms with Gasteiger partial charge in [-0.3, -0.25) is 28.7 Å². The van der Waals surface area contributed by atoms with E-state index in [2.05, 4.69) is 10.1 Å². The number of aryl methyl sites for hydroxylation is 4. The Labute approximate surface area is 666 Å². The van der Waals surface area contributed by atoms with Gasteiger partial charge in [0.2, 0.25) is 5.91 Å². The van der Waals surface area contributed by atoms with Crippen molar-refractivity contribution in [3.63, 3.8) is 0 Å². The number of hydrogen-bond acceptors (Lipinski definition) is 12. The minimum absolute atomic E-state index is 0. The third-order valence-corrected chi connectivity index (χ3v) is 17.9. The Hall–Kier alpha value is -7.26. The van der Waals surface area contributed by atoms with E-state index in [1.165, 1.54) is 39.8 Å². The second-order valence-corrected chi connectivity index (χ2v) is 29.0. The Bertz CT molecular complexity index is 4310. The minimum atomic E-state index is -5.34. The van der Waals surface area contributed by atoms with E-state index in [4.69, 9.17) is 17.6 Å². The van der Waals surface area contributed by atoms with E-state index >= 15 is 13.2 Å². The number of carbonyl (C=O) groups is 4. The molecule has 16 nitrogen and oxygen atoms in total. The number of likely N-dealkylation sites (tertiary alicyclic amines) is 2. The van der Waals surface area contributed by atoms with E-state index in [1.54, 1.807) is 72.7 Å². The van der Waals surface area contributed by atoms with Crippen molar-refractivity contribution in [1.82, 2.24) is 24.3 Å². The topological polar surface area (TPSA) is 222 Å². The predicted octanol–water partition coefficient (Wildman–Crippen LogP) is 17.2. The van der Waals surface area contributed by atoms with Gasteiger partial charge in [0.25, 0.3) is 11.1 Å². The number of benzene rings is 4. The van der Waals surface area contributed by atoms with Gasteiger partial charge in [0.1, 0.15) is 35.4 Å². The van der Waals surface area contributed by atoms with Crippen molar-refractivity contribution < 1.29 is 110 Å². The number of alkyl halides is 13. The second-order valence-electron chi connectivity index (χ2n) is 27.3. The molecule has 112 heavy (non-hydrogen) atoms. The van der Waals surface area contributed by atoms with E-state index in [1.807, 2.05) is 32.4 Å². The third kappa shape index (κ3) is 27.5. The lowest BCUT2D eigenvalue weighted by Gasteiger charge is -2.31. The van der Waals surface area contributed by atoms with Gasteiger partial charge in [0.15, 0.2) is 0 Å². The van der Waals surface area contributed by atoms with Crippen LogP contribution in [0, 0.1) is 62.8 Å². The summed E-state index contributed by atoms with van der Waals surface area (Å²) in [4.78, 5) is 79.4. The first kappa shape index (κ1) is 98.9. The lowest BCUT2D eigenvalue weighted by Crippen LogP contribution is -2.41. The molecule has 6 N–H and O–H groups in total. The number of nitrogens with zero attached hydrogens (tertiary/aromatic N) is 4. The smallest absolute Gasteiger partial charge is 0.419 e. The molecule has 0 saturated carbocycles. The maximum Gasteiger partial charge on any atom is 0.419 e. The average Bonchev–Trinajstić information content (AvgIpc) is 0.760. The summed E-state index contributed by atoms with van der Waals surface area (Å²) in [5.41, 5.74) is 1.35. The Morgan fingerprint density at radius 1 is 0.554 bits per heavy atom. The molecular weight excluding hydrogens is 1670 g/mol. The molecule has 2 aliphatic rings. The highest BCUT2D eigenvalue weighted by Crippen LogP contribution is 2.45. The number of aromatic nitrogens is 2. The number of esters is 2. The summed E-state index contributed by atoms with van der Waals surface area (Å²) in [6.45, 7) is 21.3. The van der Waals surface area contributed by atoms with Crippen LogP contribution in [-0.2, 0) is 66.2 Å². The maximum atomic E-state index is 16.6. The summed E-state index contributed by atoms with van der Waals surface area (Å²) in [5.74, 6) is -11.3. The van der Waals surface area contributed by atoms with Crippen LogP contribution in [0.5, 0.6) is 0 Å². The summed E-state index contributed by atoms with van der Waals surface area (Å²) in [6, 6.07) is 4.73. The fourth-order valence-electron chi connectivity index (χ4n) is 12.5. The second kappa shape index (κ2) is 43.5. The number of amides is 1. The molecule has 2 saturated heterocycles. The Kier molecular flexibility index (Phi) is 38.4. The van der Waals surface area contributed by atoms with Crippen molar-refractivity contribution in [3.05, 3.63) is 184 Å². The number of aliphatic carboxylic acids is 1. The Balaban J connectivity index is 0.000000599. The SMILES string of the molecule is CC(C)CC(C(=O)O)n1cc(CCN2CCC2)c(C(F)(F)F)cc1=O.CCOC(=O)C[C@H](N)c1c(F)c(-c2c(C)cccc2C)cc(C(F)(F)F)c1F.CCOC(=O)C[C@H](NC(=O)C(CC(C)C)n1cc(CCN2CCC2)c(C(F)(F)F)cc1=O)c1c(F)c(-c2c(C)cccc2C)cc(C(F)(F)F)c1F.F.S.S.[3H]C(C)(N)I. The van der Waals surface area contributed by atoms with Crippen LogP contribution in [0.3, 0.4) is 0 Å². The zero-order valence-corrected chi connectivity index (χ0v) is 67.4. The van der Waals surface area contributed by atoms with Crippen molar-refractivity contribution in [1.29, 1.82) is 0 Å². The number of nitrogens with two attached hydrogens (primary N) is 2. The number of carboxylic acid groups (broad SMARTS) is 1. The zero-order valence-electron chi connectivity index (χ0n) is 64.2. The van der Waals surface area contributed by atoms with Gasteiger partial charge in [-0.25, -0.2) is 22.4 Å². The summed E-state index contributed by atoms with van der Waals surface area (Å²) < 4.78 is 245. The summed E-state index contributed by atoms with van der Waals surface area (Å²) in [7, 11) is 0. The molecule has 5 atom stereocenters. The fraction of sp³-hybridized carbons (Fsp3) is 0.500. The third-order valence-electron chi connectivity index (χ3n) is 17.9. The summed E-state index contributed by atoms with van der Waals surface area (Å²) in [5, 5.41) is 11.7. The van der Waals surface area contributed by atoms with Crippen LogP contribution in [0.2, 0.25) is 0 Å². The van der Waals surface area contributed by atoms with Gasteiger partial charge in [-0.1, -0.05) is 86.7 Å². The van der Waals surface area contributed by atoms with Gasteiger partial charge in [-0.2, -0.15) is 79.7 Å². The first-order valence-electron chi connectivity index (χ1n) is 35.3. The van der Waals surface area contributed by atoms with Crippen molar-refractivity contribution in [2.45, 2.75) is 180 Å². The number of pyridine rings is 2. The summed E-state index contributed by atoms with van der Waals surface area (Å²) >= 11 is 1.82. The number of carbonyl (C=O) groups excluding carboxylic acids is 3. The molecule has 6 aromatic rings. The number of halogens is 18. The molecule has 2 fully saturated rings. The van der Waals surface area contributed by atoms with Crippen LogP contribution in [0.15, 0.2) is 82.6 Å². The van der Waals surface area contributed by atoms with Gasteiger partial charge >= 0.3 is 42.6 Å². The Morgan fingerprint density at radius 3 is 1.21 bits per heavy atom. The molecule has 0 aliphatic carbocycles. The number of nitrogens with one attached hydrogen (secondary N) is 1. The summed E-state index contributed by atoms with van der Waals surface area (Å²) in [6.07, 6.45) is -17.7. The molecule has 1 amide bonds. The van der Waals surface area contributed by atoms with Gasteiger partial charge in [-0.15, -0.1) is 0 Å². The van der Waals surface area contributed by atoms with Crippen LogP contribution in [0.1, 0.15) is 179 Å². The molecule has 4 aromatic carbocycles. The maximum absolute atomic E-state index is 16.6. The van der Waals surface area contributed by atoms with Gasteiger partial charge in [-0.05, 0) is 182 Å². The van der Waals surface area contributed by atoms with Gasteiger partial charge in [0, 0.05) is 65.9 Å². The van der Waals surface area contributed by atoms with E-state index < -0.39 is 168 Å². The van der Waals surface area contributed by atoms with E-state index in [-0.39, 0.29) is 111 Å². The molecule has 626 valence electrons. The lowest BCUT2D eigenvalue weighted by atomic mass is 9.89. The van der Waals surface area contributed by atoms with Crippen molar-refractivity contribution in [2.24, 2.45) is 23.3 Å². The highest BCUT2D eigenvalue weighted by atomic mass is 127. The van der Waals surface area contributed by atoms with E-state index in [0.29, 0.717) is 66.2 Å². The molecule has 8 rings (SSSR count). The molecule has 2 aliphatic heterocycles. The molecule has 36 heteroatoms. The lowest BCUT2D eigenvalue weighted by molar-refractivity contribution is -0.145. The molecular formula is C76H95F17IN7O9S2. The Morgan fingerprint density at radius 2 is 0.884 bits per heavy atom. The van der Waals surface area contributed by atoms with Crippen LogP contribution in [-0.4, -0.2) is 104 Å². The van der Waals surface area contributed by atoms with E-state index in [9.17, 15) is 90.9 Å². The number of rotatable bonds is 25. The fourth-order valence-corrected chi connectivity index (χ4v) is 12.5. The molecule has 0 radical (unpaired) electrons. The average molecular weight is 1770 g/mol. The number of hydrogen-bond donors (Lipinski definition) is 4. The van der Waals surface area contributed by atoms with Crippen molar-refractivity contribution >= 4 is 73.4 Å². The molecule has 4 heterocycles. The normalized spacial score (nSPS) is 14.8. The largest absolute Gasteiger partial charge is 0.480 e. The van der Waals surface area contributed by atoms with Gasteiger partial charge < -0.3 is 50.3 Å². The molecule has 0 bridgehead atoms. The first-order chi connectivity index (χ1) is 50.8. The monoisotopic (exact) mass is 1770 g/mol. The molecule has 2 aromatic heterocycles. The van der Waals surface area contributed by atoms with Crippen LogP contribution in [0.25, 0.3) is 22.3 Å².